The van der Waals surface area contributed by atoms with Gasteiger partial charge in [-0.25, -0.2) is 9.78 Å². The molecule has 4 aromatic rings. The van der Waals surface area contributed by atoms with E-state index in [9.17, 15) is 9.59 Å². The number of aromatic amines is 1. The van der Waals surface area contributed by atoms with E-state index < -0.39 is 5.97 Å². The van der Waals surface area contributed by atoms with Crippen LogP contribution < -0.4 is 4.90 Å². The molecule has 2 aromatic heterocycles. The number of H-pyrrole nitrogens is 1. The molecule has 10 nitrogen and oxygen atoms in total. The van der Waals surface area contributed by atoms with Gasteiger partial charge in [0.2, 0.25) is 0 Å². The maximum atomic E-state index is 13.8. The van der Waals surface area contributed by atoms with Crippen LogP contribution in [0.4, 0.5) is 5.95 Å². The molecular weight excluding hydrogens is 446 g/mol. The number of aryl methyl sites for hydroxylation is 1. The Hall–Kier alpha value is -4.34. The highest BCUT2D eigenvalue weighted by atomic mass is 16.5. The van der Waals surface area contributed by atoms with Crippen LogP contribution in [0.5, 0.6) is 0 Å². The molecule has 4 rings (SSSR count). The van der Waals surface area contributed by atoms with Crippen molar-refractivity contribution in [1.82, 2.24) is 30.2 Å². The van der Waals surface area contributed by atoms with Gasteiger partial charge in [0.15, 0.2) is 0 Å². The van der Waals surface area contributed by atoms with Crippen molar-refractivity contribution < 1.29 is 14.3 Å². The van der Waals surface area contributed by atoms with Crippen molar-refractivity contribution in [2.45, 2.75) is 39.3 Å². The lowest BCUT2D eigenvalue weighted by molar-refractivity contribution is 0.0600. The summed E-state index contributed by atoms with van der Waals surface area (Å²) in [6.45, 7) is 2.82. The van der Waals surface area contributed by atoms with Crippen molar-refractivity contribution in [3.8, 4) is 0 Å². The normalized spacial score (nSPS) is 10.8. The van der Waals surface area contributed by atoms with Crippen LogP contribution in [0.1, 0.15) is 57.6 Å². The van der Waals surface area contributed by atoms with E-state index in [1.807, 2.05) is 47.0 Å². The van der Waals surface area contributed by atoms with Gasteiger partial charge in [-0.1, -0.05) is 60.9 Å². The van der Waals surface area contributed by atoms with Crippen LogP contribution in [-0.2, 0) is 24.2 Å². The van der Waals surface area contributed by atoms with E-state index in [4.69, 9.17) is 4.74 Å². The van der Waals surface area contributed by atoms with E-state index in [1.165, 1.54) is 12.0 Å². The number of carbonyl (C=O) groups is 2. The Balaban J connectivity index is 1.67. The summed E-state index contributed by atoms with van der Waals surface area (Å²) in [5.74, 6) is 0.330. The second-order valence-corrected chi connectivity index (χ2v) is 8.03. The molecule has 2 heterocycles. The predicted octanol–water partition coefficient (Wildman–Crippen LogP) is 3.42. The van der Waals surface area contributed by atoms with Crippen molar-refractivity contribution >= 4 is 17.8 Å². The number of nitrogens with zero attached hydrogens (tertiary/aromatic N) is 6. The first-order chi connectivity index (χ1) is 17.1. The summed E-state index contributed by atoms with van der Waals surface area (Å²) in [6.07, 6.45) is 4.30. The average molecular weight is 474 g/mol. The molecule has 0 bridgehead atoms. The third-order valence-corrected chi connectivity index (χ3v) is 5.63. The summed E-state index contributed by atoms with van der Waals surface area (Å²) in [5, 5.41) is 14.2. The first-order valence-corrected chi connectivity index (χ1v) is 11.4. The van der Waals surface area contributed by atoms with Crippen molar-refractivity contribution in [2.24, 2.45) is 0 Å². The monoisotopic (exact) mass is 473 g/mol. The fourth-order valence-electron chi connectivity index (χ4n) is 3.75. The molecule has 0 aliphatic rings. The third kappa shape index (κ3) is 5.60. The van der Waals surface area contributed by atoms with Crippen LogP contribution in [0.3, 0.4) is 0 Å². The van der Waals surface area contributed by atoms with Gasteiger partial charge in [0.1, 0.15) is 11.5 Å². The zero-order chi connectivity index (χ0) is 24.6. The molecule has 0 spiro atoms. The van der Waals surface area contributed by atoms with Crippen molar-refractivity contribution in [1.29, 1.82) is 0 Å². The van der Waals surface area contributed by atoms with E-state index in [1.54, 1.807) is 18.3 Å². The Morgan fingerprint density at radius 2 is 1.83 bits per heavy atom. The number of aromatic nitrogens is 6. The smallest absolute Gasteiger partial charge is 0.337 e. The maximum Gasteiger partial charge on any atom is 0.337 e. The van der Waals surface area contributed by atoms with Gasteiger partial charge in [0.05, 0.1) is 25.4 Å². The number of hydrogen-bond donors (Lipinski definition) is 1. The zero-order valence-corrected chi connectivity index (χ0v) is 19.7. The minimum atomic E-state index is -0.393. The Morgan fingerprint density at radius 3 is 2.49 bits per heavy atom. The zero-order valence-electron chi connectivity index (χ0n) is 19.7. The SMILES string of the molecule is CCCCc1ncc(C(=O)N(Cc2ccccc2)c2nn[nH]n2)n1Cc1ccc(C(=O)OC)cc1. The topological polar surface area (TPSA) is 119 Å². The van der Waals surface area contributed by atoms with Gasteiger partial charge >= 0.3 is 5.97 Å². The second-order valence-electron chi connectivity index (χ2n) is 8.03. The van der Waals surface area contributed by atoms with Crippen molar-refractivity contribution in [3.05, 3.63) is 89.0 Å². The van der Waals surface area contributed by atoms with Gasteiger partial charge in [-0.05, 0) is 34.9 Å². The molecule has 1 amide bonds. The standard InChI is InChI=1S/C25H27N7O3/c1-3-4-10-22-26-15-21(31(22)16-19-11-13-20(14-12-19)24(34)35-2)23(33)32(25-27-29-30-28-25)17-18-8-6-5-7-9-18/h5-9,11-15H,3-4,10,16-17H2,1-2H3,(H,27,28,29,30). The molecule has 0 aliphatic heterocycles. The molecule has 0 aliphatic carbocycles. The predicted molar refractivity (Wildman–Crippen MR) is 129 cm³/mol. The highest BCUT2D eigenvalue weighted by Gasteiger charge is 2.26. The van der Waals surface area contributed by atoms with E-state index in [0.29, 0.717) is 17.8 Å². The van der Waals surface area contributed by atoms with E-state index >= 15 is 0 Å². The lowest BCUT2D eigenvalue weighted by Crippen LogP contribution is -2.33. The number of amides is 1. The number of ether oxygens (including phenoxy) is 1. The maximum absolute atomic E-state index is 13.8. The van der Waals surface area contributed by atoms with Gasteiger partial charge in [0, 0.05) is 13.0 Å². The highest BCUT2D eigenvalue weighted by Crippen LogP contribution is 2.19. The number of nitrogens with one attached hydrogen (secondary N) is 1. The number of imidazole rings is 1. The van der Waals surface area contributed by atoms with Crippen LogP contribution in [0.25, 0.3) is 0 Å². The number of rotatable bonds is 10. The second kappa shape index (κ2) is 11.2. The molecule has 2 aromatic carbocycles. The summed E-state index contributed by atoms with van der Waals surface area (Å²) in [7, 11) is 1.35. The molecule has 35 heavy (non-hydrogen) atoms. The Kier molecular flexibility index (Phi) is 7.61. The van der Waals surface area contributed by atoms with Crippen LogP contribution in [0.15, 0.2) is 60.8 Å². The van der Waals surface area contributed by atoms with Gasteiger partial charge in [-0.3, -0.25) is 9.69 Å². The molecule has 10 heteroatoms. The molecule has 1 N–H and O–H groups in total. The van der Waals surface area contributed by atoms with Gasteiger partial charge < -0.3 is 9.30 Å². The molecule has 0 fully saturated rings. The van der Waals surface area contributed by atoms with Gasteiger partial charge in [-0.2, -0.15) is 5.21 Å². The lowest BCUT2D eigenvalue weighted by atomic mass is 10.1. The first-order valence-electron chi connectivity index (χ1n) is 11.4. The Morgan fingerprint density at radius 1 is 1.06 bits per heavy atom. The molecule has 0 saturated carbocycles. The summed E-state index contributed by atoms with van der Waals surface area (Å²) in [6, 6.07) is 16.8. The molecule has 0 unspecified atom stereocenters. The van der Waals surface area contributed by atoms with Gasteiger partial charge in [0.25, 0.3) is 11.9 Å². The molecule has 180 valence electrons. The number of carbonyl (C=O) groups excluding carboxylic acids is 2. The molecule has 0 saturated heterocycles. The Bertz CT molecular complexity index is 1250. The summed E-state index contributed by atoms with van der Waals surface area (Å²) < 4.78 is 6.70. The van der Waals surface area contributed by atoms with Crippen LogP contribution >= 0.6 is 0 Å². The number of unbranched alkanes of at least 4 members (excludes halogenated alkanes) is 1. The third-order valence-electron chi connectivity index (χ3n) is 5.63. The minimum Gasteiger partial charge on any atom is -0.465 e. The van der Waals surface area contributed by atoms with Crippen molar-refractivity contribution in [3.63, 3.8) is 0 Å². The number of esters is 1. The molecule has 0 radical (unpaired) electrons. The van der Waals surface area contributed by atoms with Crippen LogP contribution in [0.2, 0.25) is 0 Å². The Labute approximate surface area is 202 Å². The van der Waals surface area contributed by atoms with Crippen molar-refractivity contribution in [2.75, 3.05) is 12.0 Å². The van der Waals surface area contributed by atoms with Crippen LogP contribution in [0, 0.1) is 0 Å². The number of tetrazole rings is 1. The number of hydrogen-bond acceptors (Lipinski definition) is 7. The number of anilines is 1. The largest absolute Gasteiger partial charge is 0.465 e. The number of methoxy groups -OCH3 is 1. The fourth-order valence-corrected chi connectivity index (χ4v) is 3.75. The molecule has 0 atom stereocenters. The summed E-state index contributed by atoms with van der Waals surface area (Å²) in [4.78, 5) is 31.7. The first kappa shape index (κ1) is 23.8. The van der Waals surface area contributed by atoms with Gasteiger partial charge in [-0.15, -0.1) is 5.10 Å². The van der Waals surface area contributed by atoms with E-state index in [2.05, 4.69) is 32.5 Å². The fraction of sp³-hybridized carbons (Fsp3) is 0.280. The average Bonchev–Trinajstić information content (AvgIpc) is 3.57. The minimum absolute atomic E-state index is 0.184. The van der Waals surface area contributed by atoms with E-state index in [0.717, 1.165) is 36.2 Å². The quantitative estimate of drug-likeness (QED) is 0.351. The highest BCUT2D eigenvalue weighted by molar-refractivity contribution is 6.03. The van der Waals surface area contributed by atoms with Crippen LogP contribution in [-0.4, -0.2) is 49.2 Å². The lowest BCUT2D eigenvalue weighted by Gasteiger charge is -2.20. The number of benzene rings is 2. The van der Waals surface area contributed by atoms with E-state index in [-0.39, 0.29) is 18.4 Å². The summed E-state index contributed by atoms with van der Waals surface area (Å²) >= 11 is 0. The summed E-state index contributed by atoms with van der Waals surface area (Å²) in [5.41, 5.74) is 2.75. The molecular formula is C25H27N7O3.